The number of nitrogens with zero attached hydrogens (tertiary/aromatic N) is 3. The molecule has 1 saturated heterocycles. The predicted octanol–water partition coefficient (Wildman–Crippen LogP) is 2.80. The van der Waals surface area contributed by atoms with Crippen molar-refractivity contribution in [1.29, 1.82) is 0 Å². The number of likely N-dealkylation sites (tertiary alicyclic amines) is 1. The number of hydrogen-bond donors (Lipinski definition) is 2. The zero-order chi connectivity index (χ0) is 20.2. The molecule has 7 heteroatoms. The van der Waals surface area contributed by atoms with Crippen molar-refractivity contribution < 1.29 is 9.59 Å². The van der Waals surface area contributed by atoms with Gasteiger partial charge in [0, 0.05) is 42.7 Å². The predicted molar refractivity (Wildman–Crippen MR) is 110 cm³/mol. The number of rotatable bonds is 6. The average molecular weight is 389 g/mol. The van der Waals surface area contributed by atoms with Crippen molar-refractivity contribution in [3.05, 3.63) is 59.7 Å². The molecule has 0 radical (unpaired) electrons. The summed E-state index contributed by atoms with van der Waals surface area (Å²) in [6, 6.07) is 15.3. The molecule has 1 aromatic heterocycles. The summed E-state index contributed by atoms with van der Waals surface area (Å²) in [5.41, 5.74) is 3.42. The van der Waals surface area contributed by atoms with Gasteiger partial charge in [0.05, 0.1) is 0 Å². The van der Waals surface area contributed by atoms with Gasteiger partial charge in [0.15, 0.2) is 11.6 Å². The second-order valence-electron chi connectivity index (χ2n) is 7.20. The fourth-order valence-electron chi connectivity index (χ4n) is 3.46. The molecule has 1 fully saturated rings. The maximum absolute atomic E-state index is 12.5. The molecule has 3 aromatic rings. The van der Waals surface area contributed by atoms with Gasteiger partial charge in [0.2, 0.25) is 5.91 Å². The minimum absolute atomic E-state index is 0.163. The second-order valence-corrected chi connectivity index (χ2v) is 7.20. The van der Waals surface area contributed by atoms with Gasteiger partial charge in [-0.3, -0.25) is 14.7 Å². The molecule has 0 saturated carbocycles. The van der Waals surface area contributed by atoms with E-state index < -0.39 is 0 Å². The van der Waals surface area contributed by atoms with Crippen molar-refractivity contribution in [1.82, 2.24) is 25.4 Å². The lowest BCUT2D eigenvalue weighted by molar-refractivity contribution is -0.127. The molecule has 2 N–H and O–H groups in total. The summed E-state index contributed by atoms with van der Waals surface area (Å²) < 4.78 is 0. The van der Waals surface area contributed by atoms with Crippen LogP contribution in [0.1, 0.15) is 28.8 Å². The molecule has 1 aliphatic heterocycles. The number of benzene rings is 2. The van der Waals surface area contributed by atoms with Crippen molar-refractivity contribution in [3.63, 3.8) is 0 Å². The van der Waals surface area contributed by atoms with Gasteiger partial charge in [-0.1, -0.05) is 35.9 Å². The van der Waals surface area contributed by atoms with Crippen LogP contribution < -0.4 is 5.32 Å². The zero-order valence-electron chi connectivity index (χ0n) is 16.3. The lowest BCUT2D eigenvalue weighted by atomic mass is 10.1. The maximum atomic E-state index is 12.5. The lowest BCUT2D eigenvalue weighted by Gasteiger charge is -2.15. The number of H-pyrrole nitrogens is 1. The van der Waals surface area contributed by atoms with E-state index in [9.17, 15) is 9.59 Å². The van der Waals surface area contributed by atoms with Crippen LogP contribution in [0.15, 0.2) is 48.5 Å². The molecule has 0 aliphatic carbocycles. The first-order chi connectivity index (χ1) is 14.1. The third kappa shape index (κ3) is 4.34. The Morgan fingerprint density at radius 3 is 2.79 bits per heavy atom. The zero-order valence-corrected chi connectivity index (χ0v) is 16.3. The molecule has 1 aliphatic rings. The summed E-state index contributed by atoms with van der Waals surface area (Å²) in [5.74, 6) is 1.22. The van der Waals surface area contributed by atoms with Crippen LogP contribution in [0.5, 0.6) is 0 Å². The standard InChI is InChI=1S/C22H23N5O2/c1-15-5-2-6-16(13-15)20-24-21(26-25-20)17-7-3-8-18(14-17)22(29)23-10-12-27-11-4-9-19(27)28/h2-3,5-8,13-14H,4,9-12H2,1H3,(H,23,29)(H,24,25,26). The Bertz CT molecular complexity index is 1040. The SMILES string of the molecule is Cc1cccc(-c2n[nH]c(-c3cccc(C(=O)NCCN4CCCC4=O)c3)n2)c1. The van der Waals surface area contributed by atoms with Crippen LogP contribution in [0.4, 0.5) is 0 Å². The van der Waals surface area contributed by atoms with Crippen LogP contribution in [0.3, 0.4) is 0 Å². The second kappa shape index (κ2) is 8.26. The summed E-state index contributed by atoms with van der Waals surface area (Å²) in [5, 5.41) is 10.1. The minimum atomic E-state index is -0.170. The van der Waals surface area contributed by atoms with Gasteiger partial charge >= 0.3 is 0 Å². The summed E-state index contributed by atoms with van der Waals surface area (Å²) in [7, 11) is 0. The first-order valence-electron chi connectivity index (χ1n) is 9.76. The number of aryl methyl sites for hydroxylation is 1. The Hall–Kier alpha value is -3.48. The van der Waals surface area contributed by atoms with Gasteiger partial charge in [-0.2, -0.15) is 5.10 Å². The van der Waals surface area contributed by atoms with Crippen LogP contribution in [-0.4, -0.2) is 51.5 Å². The van der Waals surface area contributed by atoms with Crippen LogP contribution in [0, 0.1) is 6.92 Å². The fraction of sp³-hybridized carbons (Fsp3) is 0.273. The van der Waals surface area contributed by atoms with Gasteiger partial charge < -0.3 is 10.2 Å². The Kier molecular flexibility index (Phi) is 5.37. The Morgan fingerprint density at radius 2 is 2.00 bits per heavy atom. The van der Waals surface area contributed by atoms with Crippen LogP contribution >= 0.6 is 0 Å². The number of aromatic amines is 1. The van der Waals surface area contributed by atoms with E-state index in [0.717, 1.165) is 29.7 Å². The lowest BCUT2D eigenvalue weighted by Crippen LogP contribution is -2.35. The van der Waals surface area contributed by atoms with Crippen molar-refractivity contribution in [2.24, 2.45) is 0 Å². The third-order valence-corrected chi connectivity index (χ3v) is 5.00. The summed E-state index contributed by atoms with van der Waals surface area (Å²) in [6.45, 7) is 3.79. The van der Waals surface area contributed by atoms with E-state index in [4.69, 9.17) is 0 Å². The number of amides is 2. The smallest absolute Gasteiger partial charge is 0.251 e. The molecule has 4 rings (SSSR count). The van der Waals surface area contributed by atoms with Gasteiger partial charge in [0.25, 0.3) is 5.91 Å². The van der Waals surface area contributed by atoms with Gasteiger partial charge in [-0.15, -0.1) is 0 Å². The van der Waals surface area contributed by atoms with E-state index in [-0.39, 0.29) is 11.8 Å². The number of carbonyl (C=O) groups excluding carboxylic acids is 2. The summed E-state index contributed by atoms with van der Waals surface area (Å²) >= 11 is 0. The van der Waals surface area contributed by atoms with Crippen LogP contribution in [0.2, 0.25) is 0 Å². The largest absolute Gasteiger partial charge is 0.350 e. The van der Waals surface area contributed by atoms with E-state index in [1.54, 1.807) is 17.0 Å². The number of carbonyl (C=O) groups is 2. The van der Waals surface area contributed by atoms with Gasteiger partial charge in [-0.25, -0.2) is 4.98 Å². The molecule has 7 nitrogen and oxygen atoms in total. The molecule has 148 valence electrons. The highest BCUT2D eigenvalue weighted by Gasteiger charge is 2.19. The first kappa shape index (κ1) is 18.9. The molecule has 0 atom stereocenters. The van der Waals surface area contributed by atoms with Crippen molar-refractivity contribution >= 4 is 11.8 Å². The molecule has 0 bridgehead atoms. The van der Waals surface area contributed by atoms with E-state index in [0.29, 0.717) is 36.7 Å². The summed E-state index contributed by atoms with van der Waals surface area (Å²) in [4.78, 5) is 30.5. The quantitative estimate of drug-likeness (QED) is 0.678. The highest BCUT2D eigenvalue weighted by atomic mass is 16.2. The maximum Gasteiger partial charge on any atom is 0.251 e. The highest BCUT2D eigenvalue weighted by molar-refractivity contribution is 5.95. The van der Waals surface area contributed by atoms with Crippen molar-refractivity contribution in [2.45, 2.75) is 19.8 Å². The first-order valence-corrected chi connectivity index (χ1v) is 9.76. The van der Waals surface area contributed by atoms with E-state index >= 15 is 0 Å². The molecule has 2 aromatic carbocycles. The fourth-order valence-corrected chi connectivity index (χ4v) is 3.46. The average Bonchev–Trinajstić information content (AvgIpc) is 3.38. The van der Waals surface area contributed by atoms with Crippen LogP contribution in [0.25, 0.3) is 22.8 Å². The van der Waals surface area contributed by atoms with Gasteiger partial charge in [-0.05, 0) is 31.5 Å². The molecule has 0 unspecified atom stereocenters. The number of hydrogen-bond acceptors (Lipinski definition) is 4. The molecular formula is C22H23N5O2. The van der Waals surface area contributed by atoms with Crippen molar-refractivity contribution in [3.8, 4) is 22.8 Å². The molecule has 29 heavy (non-hydrogen) atoms. The topological polar surface area (TPSA) is 91.0 Å². The van der Waals surface area contributed by atoms with E-state index in [1.165, 1.54) is 0 Å². The Labute approximate surface area is 169 Å². The number of aromatic nitrogens is 3. The molecule has 2 amide bonds. The molecular weight excluding hydrogens is 366 g/mol. The van der Waals surface area contributed by atoms with Crippen LogP contribution in [-0.2, 0) is 4.79 Å². The van der Waals surface area contributed by atoms with E-state index in [2.05, 4.69) is 20.5 Å². The highest BCUT2D eigenvalue weighted by Crippen LogP contribution is 2.21. The third-order valence-electron chi connectivity index (χ3n) is 5.00. The molecule has 0 spiro atoms. The monoisotopic (exact) mass is 389 g/mol. The number of nitrogens with one attached hydrogen (secondary N) is 2. The van der Waals surface area contributed by atoms with Crippen molar-refractivity contribution in [2.75, 3.05) is 19.6 Å². The van der Waals surface area contributed by atoms with E-state index in [1.807, 2.05) is 43.3 Å². The molecule has 2 heterocycles. The minimum Gasteiger partial charge on any atom is -0.350 e. The normalized spacial score (nSPS) is 13.7. The Morgan fingerprint density at radius 1 is 1.17 bits per heavy atom. The van der Waals surface area contributed by atoms with Gasteiger partial charge in [0.1, 0.15) is 0 Å². The summed E-state index contributed by atoms with van der Waals surface area (Å²) in [6.07, 6.45) is 1.51. The Balaban J connectivity index is 1.43.